The van der Waals surface area contributed by atoms with Crippen molar-refractivity contribution in [2.24, 2.45) is 50.2 Å². The van der Waals surface area contributed by atoms with Crippen LogP contribution in [0.4, 0.5) is 0 Å². The van der Waals surface area contributed by atoms with E-state index in [4.69, 9.17) is 9.84 Å². The molecule has 9 atom stereocenters. The van der Waals surface area contributed by atoms with Crippen molar-refractivity contribution in [3.05, 3.63) is 23.8 Å². The molecule has 0 bridgehead atoms. The van der Waals surface area contributed by atoms with E-state index in [2.05, 4.69) is 47.6 Å². The first-order valence-electron chi connectivity index (χ1n) is 15.5. The second kappa shape index (κ2) is 10.5. The van der Waals surface area contributed by atoms with Crippen molar-refractivity contribution in [3.63, 3.8) is 0 Å². The first kappa shape index (κ1) is 32.8. The number of esters is 1. The minimum absolute atomic E-state index is 0. The second-order valence-electron chi connectivity index (χ2n) is 16.0. The topological polar surface area (TPSA) is 101 Å². The van der Waals surface area contributed by atoms with E-state index in [0.29, 0.717) is 17.8 Å². The van der Waals surface area contributed by atoms with Crippen LogP contribution in [0.25, 0.3) is 0 Å². The molecule has 0 aromatic carbocycles. The summed E-state index contributed by atoms with van der Waals surface area (Å²) in [6, 6.07) is 0. The molecular weight excluding hydrogens is 527 g/mol. The maximum atomic E-state index is 12.4. The van der Waals surface area contributed by atoms with Gasteiger partial charge in [-0.1, -0.05) is 53.2 Å². The van der Waals surface area contributed by atoms with Crippen LogP contribution in [0, 0.1) is 50.2 Å². The Morgan fingerprint density at radius 3 is 2.15 bits per heavy atom. The second-order valence-corrected chi connectivity index (χ2v) is 16.0. The fraction of sp³-hybridized carbons (Fsp3) is 0.794. The molecule has 4 fully saturated rings. The summed E-state index contributed by atoms with van der Waals surface area (Å²) in [6.07, 6.45) is 14.0. The van der Waals surface area contributed by atoms with Crippen molar-refractivity contribution in [1.29, 1.82) is 0 Å². The molecular formula is C34H51NaO6. The number of aliphatic carboxylic acids is 2. The molecule has 0 aromatic heterocycles. The van der Waals surface area contributed by atoms with Gasteiger partial charge >= 0.3 is 47.5 Å². The Hall–Kier alpha value is -1.11. The van der Waals surface area contributed by atoms with Crippen molar-refractivity contribution < 1.29 is 29.3 Å². The molecule has 4 saturated carbocycles. The van der Waals surface area contributed by atoms with E-state index in [-0.39, 0.29) is 62.7 Å². The van der Waals surface area contributed by atoms with Gasteiger partial charge in [0.25, 0.3) is 0 Å². The number of carboxylic acids is 2. The zero-order valence-electron chi connectivity index (χ0n) is 25.6. The molecule has 0 heterocycles. The summed E-state index contributed by atoms with van der Waals surface area (Å²) >= 11 is 0. The number of hydrogen-bond donors (Lipinski definition) is 2. The molecule has 0 radical (unpaired) electrons. The van der Waals surface area contributed by atoms with E-state index in [9.17, 15) is 19.5 Å². The molecule has 2 N–H and O–H groups in total. The van der Waals surface area contributed by atoms with E-state index in [1.54, 1.807) is 5.57 Å². The van der Waals surface area contributed by atoms with Crippen LogP contribution in [0.2, 0.25) is 0 Å². The van der Waals surface area contributed by atoms with Crippen LogP contribution in [-0.4, -0.2) is 63.8 Å². The van der Waals surface area contributed by atoms with Crippen molar-refractivity contribution in [3.8, 4) is 0 Å². The summed E-state index contributed by atoms with van der Waals surface area (Å²) in [6.45, 7) is 16.4. The molecule has 5 rings (SSSR count). The summed E-state index contributed by atoms with van der Waals surface area (Å²) < 4.78 is 5.88. The molecule has 7 heteroatoms. The standard InChI is InChI=1S/C34H50O6.Na.H/c1-29(2)23-12-15-34(7)24(32(23,5)14-13-25(29)40-27(37)11-10-26(35)36)9-8-21-22-20-31(4,28(38)39)17-16-30(22,3)18-19-33(21,34)6;;/h8,10-11,22-25H,9,12-20H2,1-7H3,(H,35,36)(H,38,39);;/b11-10-;;/t22-,23-,24+,25-,30+,31-,32-,33+,34+;;/m0../s1. The van der Waals surface area contributed by atoms with Crippen molar-refractivity contribution in [2.75, 3.05) is 0 Å². The summed E-state index contributed by atoms with van der Waals surface area (Å²) in [7, 11) is 0. The molecule has 0 spiro atoms. The molecule has 6 nitrogen and oxygen atoms in total. The molecule has 0 saturated heterocycles. The third-order valence-corrected chi connectivity index (χ3v) is 13.9. The minimum atomic E-state index is -1.15. The number of fused-ring (bicyclic) bond motifs is 7. The van der Waals surface area contributed by atoms with E-state index >= 15 is 0 Å². The van der Waals surface area contributed by atoms with E-state index in [0.717, 1.165) is 69.9 Å². The number of carboxylic acid groups (broad SMARTS) is 2. The monoisotopic (exact) mass is 578 g/mol. The SMILES string of the molecule is CC1(C)[C@@H](OC(=O)/C=C\C(=O)O)CC[C@]2(C)[C@H]3CC=C4[C@@H]5C[C@@](C)(C(=O)O)CC[C@]5(C)CC[C@@]4(C)[C@]3(C)CC[C@@H]12.[NaH]. The Morgan fingerprint density at radius 2 is 1.51 bits per heavy atom. The summed E-state index contributed by atoms with van der Waals surface area (Å²) in [4.78, 5) is 35.6. The van der Waals surface area contributed by atoms with Crippen LogP contribution in [0.5, 0.6) is 0 Å². The van der Waals surface area contributed by atoms with Gasteiger partial charge in [-0.25, -0.2) is 9.59 Å². The van der Waals surface area contributed by atoms with Gasteiger partial charge in [-0.3, -0.25) is 4.79 Å². The van der Waals surface area contributed by atoms with E-state index < -0.39 is 23.3 Å². The Labute approximate surface area is 268 Å². The van der Waals surface area contributed by atoms with Crippen LogP contribution in [0.15, 0.2) is 23.8 Å². The van der Waals surface area contributed by atoms with Gasteiger partial charge in [0.15, 0.2) is 0 Å². The maximum absolute atomic E-state index is 12.4. The van der Waals surface area contributed by atoms with Gasteiger partial charge in [-0.05, 0) is 111 Å². The van der Waals surface area contributed by atoms with Crippen molar-refractivity contribution >= 4 is 47.5 Å². The summed E-state index contributed by atoms with van der Waals surface area (Å²) in [5.41, 5.74) is 1.16. The predicted octanol–water partition coefficient (Wildman–Crippen LogP) is 6.78. The van der Waals surface area contributed by atoms with E-state index in [1.165, 1.54) is 6.42 Å². The van der Waals surface area contributed by atoms with Gasteiger partial charge in [0.05, 0.1) is 5.41 Å². The predicted molar refractivity (Wildman–Crippen MR) is 160 cm³/mol. The number of hydrogen-bond acceptors (Lipinski definition) is 4. The van der Waals surface area contributed by atoms with Crippen LogP contribution < -0.4 is 0 Å². The molecule has 5 aliphatic carbocycles. The zero-order valence-corrected chi connectivity index (χ0v) is 25.6. The first-order chi connectivity index (χ1) is 18.4. The van der Waals surface area contributed by atoms with Gasteiger partial charge in [0, 0.05) is 17.6 Å². The van der Waals surface area contributed by atoms with Crippen LogP contribution >= 0.6 is 0 Å². The van der Waals surface area contributed by atoms with Crippen LogP contribution in [-0.2, 0) is 19.1 Å². The van der Waals surface area contributed by atoms with Gasteiger partial charge in [-0.15, -0.1) is 0 Å². The number of carbonyl (C=O) groups excluding carboxylic acids is 1. The molecule has 0 unspecified atom stereocenters. The summed E-state index contributed by atoms with van der Waals surface area (Å²) in [5, 5.41) is 19.0. The third-order valence-electron chi connectivity index (χ3n) is 13.9. The average molecular weight is 579 g/mol. The molecule has 0 amide bonds. The quantitative estimate of drug-likeness (QED) is 0.165. The van der Waals surface area contributed by atoms with Crippen LogP contribution in [0.1, 0.15) is 113 Å². The Morgan fingerprint density at radius 1 is 0.854 bits per heavy atom. The zero-order chi connectivity index (χ0) is 29.5. The molecule has 41 heavy (non-hydrogen) atoms. The number of allylic oxidation sites excluding steroid dienone is 2. The molecule has 5 aliphatic rings. The third kappa shape index (κ3) is 4.81. The fourth-order valence-electron chi connectivity index (χ4n) is 11.1. The number of carbonyl (C=O) groups is 3. The first-order valence-corrected chi connectivity index (χ1v) is 15.5. The van der Waals surface area contributed by atoms with E-state index in [1.807, 2.05) is 6.92 Å². The molecule has 0 aromatic rings. The van der Waals surface area contributed by atoms with Gasteiger partial charge in [0.1, 0.15) is 6.10 Å². The molecule has 0 aliphatic heterocycles. The van der Waals surface area contributed by atoms with Gasteiger partial charge < -0.3 is 14.9 Å². The van der Waals surface area contributed by atoms with Gasteiger partial charge in [-0.2, -0.15) is 0 Å². The van der Waals surface area contributed by atoms with Gasteiger partial charge in [0.2, 0.25) is 0 Å². The van der Waals surface area contributed by atoms with Crippen molar-refractivity contribution in [1.82, 2.24) is 0 Å². The van der Waals surface area contributed by atoms with Crippen LogP contribution in [0.3, 0.4) is 0 Å². The number of ether oxygens (including phenoxy) is 1. The fourth-order valence-corrected chi connectivity index (χ4v) is 11.1. The Balaban J connectivity index is 0.00000387. The Kier molecular flexibility index (Phi) is 8.41. The van der Waals surface area contributed by atoms with Crippen molar-refractivity contribution in [2.45, 2.75) is 119 Å². The summed E-state index contributed by atoms with van der Waals surface area (Å²) in [5.74, 6) is -1.14. The average Bonchev–Trinajstić information content (AvgIpc) is 2.86. The Bertz CT molecular complexity index is 1170. The normalized spacial score (nSPS) is 46.5. The molecule has 224 valence electrons. The number of rotatable bonds is 4.